The smallest absolute Gasteiger partial charge is 0.287 e. The average Bonchev–Trinajstić information content (AvgIpc) is 2.63. The molecule has 0 saturated heterocycles. The molecule has 2 unspecified atom stereocenters. The highest BCUT2D eigenvalue weighted by atomic mass is 79.9. The van der Waals surface area contributed by atoms with Gasteiger partial charge in [0.15, 0.2) is 10.4 Å². The van der Waals surface area contributed by atoms with Gasteiger partial charge in [-0.05, 0) is 40.9 Å². The molecule has 0 aliphatic heterocycles. The first-order chi connectivity index (χ1) is 8.16. The van der Waals surface area contributed by atoms with Gasteiger partial charge in [-0.1, -0.05) is 19.3 Å². The summed E-state index contributed by atoms with van der Waals surface area (Å²) in [6.45, 7) is 0. The summed E-state index contributed by atoms with van der Waals surface area (Å²) in [7, 11) is 0. The molecule has 2 rings (SSSR count). The van der Waals surface area contributed by atoms with E-state index in [-0.39, 0.29) is 17.3 Å². The van der Waals surface area contributed by atoms with Crippen LogP contribution in [-0.2, 0) is 0 Å². The van der Waals surface area contributed by atoms with Crippen molar-refractivity contribution in [2.24, 2.45) is 0 Å². The lowest BCUT2D eigenvalue weighted by Gasteiger charge is -2.20. The van der Waals surface area contributed by atoms with Crippen LogP contribution in [-0.4, -0.2) is 17.3 Å². The van der Waals surface area contributed by atoms with Crippen LogP contribution in [0, 0.1) is 0 Å². The molecular weight excluding hydrogens is 305 g/mol. The quantitative estimate of drug-likeness (QED) is 0.666. The van der Waals surface area contributed by atoms with E-state index in [1.165, 1.54) is 6.42 Å². The number of nitrogens with one attached hydrogen (secondary N) is 1. The van der Waals surface area contributed by atoms with Crippen LogP contribution >= 0.6 is 27.5 Å². The minimum absolute atomic E-state index is 0.0276. The van der Waals surface area contributed by atoms with Gasteiger partial charge in [0, 0.05) is 6.04 Å². The highest BCUT2D eigenvalue weighted by Gasteiger charge is 2.24. The first-order valence-electron chi connectivity index (χ1n) is 5.87. The van der Waals surface area contributed by atoms with Crippen molar-refractivity contribution in [2.45, 2.75) is 43.5 Å². The number of rotatable bonds is 2. The number of halogens is 2. The van der Waals surface area contributed by atoms with E-state index in [1.54, 1.807) is 12.1 Å². The van der Waals surface area contributed by atoms with Crippen LogP contribution in [0.2, 0.25) is 0 Å². The molecular formula is C12H15BrClNO2. The molecule has 1 aromatic heterocycles. The molecule has 17 heavy (non-hydrogen) atoms. The van der Waals surface area contributed by atoms with Gasteiger partial charge in [0.25, 0.3) is 5.91 Å². The molecule has 1 aliphatic rings. The van der Waals surface area contributed by atoms with Gasteiger partial charge in [-0.25, -0.2) is 0 Å². The van der Waals surface area contributed by atoms with Gasteiger partial charge in [-0.3, -0.25) is 4.79 Å². The van der Waals surface area contributed by atoms with Crippen LogP contribution in [0.3, 0.4) is 0 Å². The van der Waals surface area contributed by atoms with E-state index in [4.69, 9.17) is 16.0 Å². The van der Waals surface area contributed by atoms with Gasteiger partial charge in [0.2, 0.25) is 0 Å². The summed E-state index contributed by atoms with van der Waals surface area (Å²) in [6.07, 6.45) is 5.38. The number of carbonyl (C=O) groups excluding carboxylic acids is 1. The monoisotopic (exact) mass is 319 g/mol. The SMILES string of the molecule is O=C(NC1CCCCCC1Cl)c1ccc(Br)o1. The zero-order valence-corrected chi connectivity index (χ0v) is 11.8. The van der Waals surface area contributed by atoms with Crippen LogP contribution in [0.15, 0.2) is 21.2 Å². The molecule has 0 aromatic carbocycles. The topological polar surface area (TPSA) is 42.2 Å². The lowest BCUT2D eigenvalue weighted by molar-refractivity contribution is 0.0904. The maximum Gasteiger partial charge on any atom is 0.287 e. The van der Waals surface area contributed by atoms with E-state index in [2.05, 4.69) is 21.2 Å². The zero-order chi connectivity index (χ0) is 12.3. The van der Waals surface area contributed by atoms with Crippen molar-refractivity contribution in [1.29, 1.82) is 0 Å². The van der Waals surface area contributed by atoms with Crippen molar-refractivity contribution in [3.8, 4) is 0 Å². The fourth-order valence-electron chi connectivity index (χ4n) is 2.10. The van der Waals surface area contributed by atoms with Crippen LogP contribution < -0.4 is 5.32 Å². The minimum Gasteiger partial charge on any atom is -0.444 e. The molecule has 3 nitrogen and oxygen atoms in total. The molecule has 1 fully saturated rings. The van der Waals surface area contributed by atoms with Crippen LogP contribution in [0.25, 0.3) is 0 Å². The van der Waals surface area contributed by atoms with Crippen LogP contribution in [0.4, 0.5) is 0 Å². The lowest BCUT2D eigenvalue weighted by Crippen LogP contribution is -2.40. The van der Waals surface area contributed by atoms with E-state index < -0.39 is 0 Å². The minimum atomic E-state index is -0.187. The Morgan fingerprint density at radius 2 is 2.12 bits per heavy atom. The Kier molecular flexibility index (Phi) is 4.51. The molecule has 0 radical (unpaired) electrons. The maximum absolute atomic E-state index is 11.9. The Morgan fingerprint density at radius 3 is 2.82 bits per heavy atom. The second kappa shape index (κ2) is 5.91. The largest absolute Gasteiger partial charge is 0.444 e. The highest BCUT2D eigenvalue weighted by Crippen LogP contribution is 2.23. The van der Waals surface area contributed by atoms with Crippen molar-refractivity contribution in [3.05, 3.63) is 22.6 Å². The van der Waals surface area contributed by atoms with Gasteiger partial charge in [0.1, 0.15) is 0 Å². The molecule has 0 spiro atoms. The summed E-state index contributed by atoms with van der Waals surface area (Å²) in [6, 6.07) is 3.41. The van der Waals surface area contributed by atoms with Crippen molar-refractivity contribution < 1.29 is 9.21 Å². The normalized spacial score (nSPS) is 25.3. The average molecular weight is 321 g/mol. The molecule has 1 heterocycles. The molecule has 1 amide bonds. The molecule has 1 saturated carbocycles. The van der Waals surface area contributed by atoms with Crippen molar-refractivity contribution in [2.75, 3.05) is 0 Å². The lowest BCUT2D eigenvalue weighted by atomic mass is 10.1. The predicted molar refractivity (Wildman–Crippen MR) is 70.4 cm³/mol. The Balaban J connectivity index is 1.97. The third-order valence-electron chi connectivity index (χ3n) is 3.05. The van der Waals surface area contributed by atoms with Crippen LogP contribution in [0.1, 0.15) is 42.7 Å². The van der Waals surface area contributed by atoms with E-state index in [0.29, 0.717) is 10.4 Å². The van der Waals surface area contributed by atoms with E-state index >= 15 is 0 Å². The number of hydrogen-bond acceptors (Lipinski definition) is 2. The van der Waals surface area contributed by atoms with Gasteiger partial charge in [-0.2, -0.15) is 0 Å². The molecule has 5 heteroatoms. The van der Waals surface area contributed by atoms with Gasteiger partial charge >= 0.3 is 0 Å². The second-order valence-electron chi connectivity index (χ2n) is 4.34. The Bertz CT molecular complexity index is 394. The number of hydrogen-bond donors (Lipinski definition) is 1. The highest BCUT2D eigenvalue weighted by molar-refractivity contribution is 9.10. The number of carbonyl (C=O) groups is 1. The fourth-order valence-corrected chi connectivity index (χ4v) is 2.75. The summed E-state index contributed by atoms with van der Waals surface area (Å²) in [4.78, 5) is 11.9. The molecule has 0 bridgehead atoms. The first-order valence-corrected chi connectivity index (χ1v) is 7.10. The summed E-state index contributed by atoms with van der Waals surface area (Å²) >= 11 is 9.45. The molecule has 1 aromatic rings. The predicted octanol–water partition coefficient (Wildman–Crippen LogP) is 3.71. The molecule has 1 aliphatic carbocycles. The Labute approximate surface area is 114 Å². The third kappa shape index (κ3) is 3.49. The maximum atomic E-state index is 11.9. The van der Waals surface area contributed by atoms with Gasteiger partial charge in [0.05, 0.1) is 5.38 Å². The number of furan rings is 1. The molecule has 1 N–H and O–H groups in total. The summed E-state index contributed by atoms with van der Waals surface area (Å²) in [5.74, 6) is 0.137. The summed E-state index contributed by atoms with van der Waals surface area (Å²) in [5.41, 5.74) is 0. The van der Waals surface area contributed by atoms with Crippen LogP contribution in [0.5, 0.6) is 0 Å². The Morgan fingerprint density at radius 1 is 1.35 bits per heavy atom. The Hall–Kier alpha value is -0.480. The van der Waals surface area contributed by atoms with E-state index in [0.717, 1.165) is 25.7 Å². The second-order valence-corrected chi connectivity index (χ2v) is 5.68. The van der Waals surface area contributed by atoms with Crippen molar-refractivity contribution >= 4 is 33.4 Å². The molecule has 94 valence electrons. The number of alkyl halides is 1. The summed E-state index contributed by atoms with van der Waals surface area (Å²) < 4.78 is 5.78. The van der Waals surface area contributed by atoms with E-state index in [1.807, 2.05) is 0 Å². The summed E-state index contributed by atoms with van der Waals surface area (Å²) in [5, 5.41) is 2.98. The standard InChI is InChI=1S/C12H15BrClNO2/c13-11-7-6-10(17-11)12(16)15-9-5-3-1-2-4-8(9)14/h6-9H,1-5H2,(H,15,16). The molecule has 2 atom stereocenters. The number of amides is 1. The van der Waals surface area contributed by atoms with Gasteiger partial charge in [-0.15, -0.1) is 11.6 Å². The zero-order valence-electron chi connectivity index (χ0n) is 9.42. The fraction of sp³-hybridized carbons (Fsp3) is 0.583. The van der Waals surface area contributed by atoms with Crippen molar-refractivity contribution in [3.63, 3.8) is 0 Å². The van der Waals surface area contributed by atoms with E-state index in [9.17, 15) is 4.79 Å². The first kappa shape index (κ1) is 13.0. The third-order valence-corrected chi connectivity index (χ3v) is 3.99. The van der Waals surface area contributed by atoms with Gasteiger partial charge < -0.3 is 9.73 Å². The van der Waals surface area contributed by atoms with Crippen molar-refractivity contribution in [1.82, 2.24) is 5.32 Å².